The van der Waals surface area contributed by atoms with E-state index in [1.54, 1.807) is 6.20 Å². The Hall–Kier alpha value is -1.78. The van der Waals surface area contributed by atoms with Crippen molar-refractivity contribution in [1.29, 1.82) is 0 Å². The summed E-state index contributed by atoms with van der Waals surface area (Å²) in [6.07, 6.45) is 6.76. The van der Waals surface area contributed by atoms with Gasteiger partial charge < -0.3 is 15.0 Å². The van der Waals surface area contributed by atoms with E-state index in [1.165, 1.54) is 0 Å². The highest BCUT2D eigenvalue weighted by Gasteiger charge is 2.07. The van der Waals surface area contributed by atoms with Gasteiger partial charge in [0.2, 0.25) is 0 Å². The molecule has 2 N–H and O–H groups in total. The summed E-state index contributed by atoms with van der Waals surface area (Å²) in [6, 6.07) is 0.337. The summed E-state index contributed by atoms with van der Waals surface area (Å²) in [7, 11) is 0. The van der Waals surface area contributed by atoms with E-state index < -0.39 is 0 Å². The SMILES string of the molecule is CCCNc1cn2ccnc2c(NC(C)C)n1. The third-order valence-corrected chi connectivity index (χ3v) is 2.36. The molecule has 0 amide bonds. The monoisotopic (exact) mass is 233 g/mol. The van der Waals surface area contributed by atoms with Crippen LogP contribution in [0, 0.1) is 0 Å². The number of hydrogen-bond donors (Lipinski definition) is 2. The van der Waals surface area contributed by atoms with Crippen LogP contribution in [0.4, 0.5) is 11.6 Å². The van der Waals surface area contributed by atoms with Gasteiger partial charge >= 0.3 is 0 Å². The molecule has 2 aromatic heterocycles. The van der Waals surface area contributed by atoms with Crippen molar-refractivity contribution >= 4 is 17.3 Å². The number of imidazole rings is 1. The van der Waals surface area contributed by atoms with E-state index in [2.05, 4.69) is 41.4 Å². The van der Waals surface area contributed by atoms with Gasteiger partial charge in [-0.05, 0) is 20.3 Å². The third-order valence-electron chi connectivity index (χ3n) is 2.36. The second kappa shape index (κ2) is 5.03. The van der Waals surface area contributed by atoms with Gasteiger partial charge in [-0.2, -0.15) is 0 Å². The fourth-order valence-corrected chi connectivity index (χ4v) is 1.64. The van der Waals surface area contributed by atoms with E-state index in [-0.39, 0.29) is 0 Å². The van der Waals surface area contributed by atoms with Crippen molar-refractivity contribution in [3.8, 4) is 0 Å². The number of aromatic nitrogens is 3. The molecule has 5 heteroatoms. The van der Waals surface area contributed by atoms with Gasteiger partial charge in [0.15, 0.2) is 11.5 Å². The molecule has 2 heterocycles. The Morgan fingerprint density at radius 2 is 2.24 bits per heavy atom. The summed E-state index contributed by atoms with van der Waals surface area (Å²) in [5.41, 5.74) is 0.862. The molecule has 0 spiro atoms. The Kier molecular flexibility index (Phi) is 3.46. The molecule has 0 saturated carbocycles. The molecule has 5 nitrogen and oxygen atoms in total. The van der Waals surface area contributed by atoms with Crippen molar-refractivity contribution in [2.24, 2.45) is 0 Å². The minimum atomic E-state index is 0.337. The normalized spacial score (nSPS) is 11.1. The summed E-state index contributed by atoms with van der Waals surface area (Å²) in [5.74, 6) is 1.70. The average Bonchev–Trinajstić information content (AvgIpc) is 2.73. The van der Waals surface area contributed by atoms with Crippen LogP contribution < -0.4 is 10.6 Å². The lowest BCUT2D eigenvalue weighted by atomic mass is 10.4. The van der Waals surface area contributed by atoms with E-state index in [4.69, 9.17) is 0 Å². The topological polar surface area (TPSA) is 54.2 Å². The highest BCUT2D eigenvalue weighted by atomic mass is 15.1. The van der Waals surface area contributed by atoms with Crippen LogP contribution in [0.25, 0.3) is 5.65 Å². The van der Waals surface area contributed by atoms with Gasteiger partial charge in [0.1, 0.15) is 5.82 Å². The van der Waals surface area contributed by atoms with Gasteiger partial charge in [0, 0.05) is 25.0 Å². The molecule has 0 unspecified atom stereocenters. The first-order valence-electron chi connectivity index (χ1n) is 6.05. The number of hydrogen-bond acceptors (Lipinski definition) is 4. The Balaban J connectivity index is 2.36. The maximum absolute atomic E-state index is 4.55. The number of nitrogens with one attached hydrogen (secondary N) is 2. The van der Waals surface area contributed by atoms with Crippen molar-refractivity contribution in [3.63, 3.8) is 0 Å². The van der Waals surface area contributed by atoms with Crippen molar-refractivity contribution in [2.75, 3.05) is 17.2 Å². The Bertz CT molecular complexity index is 489. The molecule has 0 aromatic carbocycles. The lowest BCUT2D eigenvalue weighted by molar-refractivity contribution is 0.884. The highest BCUT2D eigenvalue weighted by molar-refractivity contribution is 5.65. The summed E-state index contributed by atoms with van der Waals surface area (Å²) < 4.78 is 1.98. The molecule has 0 saturated heterocycles. The predicted molar refractivity (Wildman–Crippen MR) is 70.5 cm³/mol. The molecule has 0 aliphatic rings. The van der Waals surface area contributed by atoms with Crippen molar-refractivity contribution in [3.05, 3.63) is 18.6 Å². The first-order valence-corrected chi connectivity index (χ1v) is 6.05. The fourth-order valence-electron chi connectivity index (χ4n) is 1.64. The number of rotatable bonds is 5. The number of fused-ring (bicyclic) bond motifs is 1. The highest BCUT2D eigenvalue weighted by Crippen LogP contribution is 2.17. The average molecular weight is 233 g/mol. The molecule has 17 heavy (non-hydrogen) atoms. The lowest BCUT2D eigenvalue weighted by Gasteiger charge is -2.12. The van der Waals surface area contributed by atoms with Crippen molar-refractivity contribution in [1.82, 2.24) is 14.4 Å². The fraction of sp³-hybridized carbons (Fsp3) is 0.500. The Morgan fingerprint density at radius 3 is 2.94 bits per heavy atom. The van der Waals surface area contributed by atoms with Crippen LogP contribution in [-0.4, -0.2) is 27.0 Å². The van der Waals surface area contributed by atoms with E-state index in [1.807, 2.05) is 16.8 Å². The second-order valence-electron chi connectivity index (χ2n) is 4.36. The second-order valence-corrected chi connectivity index (χ2v) is 4.36. The van der Waals surface area contributed by atoms with E-state index in [0.717, 1.165) is 30.2 Å². The quantitative estimate of drug-likeness (QED) is 0.832. The molecule has 92 valence electrons. The minimum Gasteiger partial charge on any atom is -0.369 e. The third kappa shape index (κ3) is 2.67. The smallest absolute Gasteiger partial charge is 0.180 e. The molecule has 0 bridgehead atoms. The zero-order chi connectivity index (χ0) is 12.3. The standard InChI is InChI=1S/C12H19N5/c1-4-5-13-10-8-17-7-6-14-12(17)11(16-10)15-9(2)3/h6-9,13H,4-5H2,1-3H3,(H,15,16). The minimum absolute atomic E-state index is 0.337. The van der Waals surface area contributed by atoms with Crippen LogP contribution in [0.15, 0.2) is 18.6 Å². The lowest BCUT2D eigenvalue weighted by Crippen LogP contribution is -2.14. The van der Waals surface area contributed by atoms with Crippen LogP contribution in [0.3, 0.4) is 0 Å². The molecule has 0 radical (unpaired) electrons. The summed E-state index contributed by atoms with van der Waals surface area (Å²) in [4.78, 5) is 8.85. The number of anilines is 2. The Morgan fingerprint density at radius 1 is 1.41 bits per heavy atom. The first kappa shape index (κ1) is 11.7. The molecular weight excluding hydrogens is 214 g/mol. The van der Waals surface area contributed by atoms with Gasteiger partial charge in [0.05, 0.1) is 6.20 Å². The predicted octanol–water partition coefficient (Wildman–Crippen LogP) is 2.37. The van der Waals surface area contributed by atoms with Crippen molar-refractivity contribution in [2.45, 2.75) is 33.2 Å². The van der Waals surface area contributed by atoms with E-state index >= 15 is 0 Å². The van der Waals surface area contributed by atoms with Crippen molar-refractivity contribution < 1.29 is 0 Å². The summed E-state index contributed by atoms with van der Waals surface area (Å²) in [5, 5.41) is 6.61. The van der Waals surface area contributed by atoms with Crippen LogP contribution in [0.5, 0.6) is 0 Å². The van der Waals surface area contributed by atoms with Gasteiger partial charge in [-0.15, -0.1) is 0 Å². The van der Waals surface area contributed by atoms with Crippen LogP contribution in [0.1, 0.15) is 27.2 Å². The molecule has 0 aliphatic heterocycles. The molecule has 0 fully saturated rings. The van der Waals surface area contributed by atoms with Crippen LogP contribution in [0.2, 0.25) is 0 Å². The zero-order valence-corrected chi connectivity index (χ0v) is 10.6. The number of nitrogens with zero attached hydrogens (tertiary/aromatic N) is 3. The maximum Gasteiger partial charge on any atom is 0.180 e. The van der Waals surface area contributed by atoms with Gasteiger partial charge in [-0.1, -0.05) is 6.92 Å². The van der Waals surface area contributed by atoms with Gasteiger partial charge in [0.25, 0.3) is 0 Å². The molecule has 2 rings (SSSR count). The Labute approximate surface area is 101 Å². The summed E-state index contributed by atoms with van der Waals surface area (Å²) >= 11 is 0. The van der Waals surface area contributed by atoms with Gasteiger partial charge in [-0.25, -0.2) is 9.97 Å². The molecule has 2 aromatic rings. The summed E-state index contributed by atoms with van der Waals surface area (Å²) in [6.45, 7) is 7.24. The van der Waals surface area contributed by atoms with E-state index in [0.29, 0.717) is 6.04 Å². The van der Waals surface area contributed by atoms with Crippen LogP contribution >= 0.6 is 0 Å². The largest absolute Gasteiger partial charge is 0.369 e. The molecule has 0 atom stereocenters. The van der Waals surface area contributed by atoms with Crippen LogP contribution in [-0.2, 0) is 0 Å². The molecular formula is C12H19N5. The molecule has 0 aliphatic carbocycles. The first-order chi connectivity index (χ1) is 8.20. The maximum atomic E-state index is 4.55. The van der Waals surface area contributed by atoms with Gasteiger partial charge in [-0.3, -0.25) is 0 Å². The zero-order valence-electron chi connectivity index (χ0n) is 10.6. The van der Waals surface area contributed by atoms with E-state index in [9.17, 15) is 0 Å².